The normalized spacial score (nSPS) is 11.8. The van der Waals surface area contributed by atoms with Gasteiger partial charge in [-0.15, -0.1) is 0 Å². The number of hydrogen-bond donors (Lipinski definition) is 1. The van der Waals surface area contributed by atoms with Crippen LogP contribution in [0.15, 0.2) is 48.5 Å². The molecular formula is C20H23F3N2O4S. The van der Waals surface area contributed by atoms with Gasteiger partial charge in [0.1, 0.15) is 5.75 Å². The van der Waals surface area contributed by atoms with E-state index in [-0.39, 0.29) is 25.1 Å². The molecule has 0 fully saturated rings. The lowest BCUT2D eigenvalue weighted by atomic mass is 10.1. The molecule has 0 aromatic heterocycles. The van der Waals surface area contributed by atoms with E-state index in [4.69, 9.17) is 4.74 Å². The molecule has 0 radical (unpaired) electrons. The number of ether oxygens (including phenoxy) is 1. The third-order valence-corrected chi connectivity index (χ3v) is 5.30. The number of rotatable bonds is 9. The zero-order valence-corrected chi connectivity index (χ0v) is 17.4. The predicted octanol–water partition coefficient (Wildman–Crippen LogP) is 4.29. The maximum Gasteiger partial charge on any atom is 0.418 e. The van der Waals surface area contributed by atoms with Crippen molar-refractivity contribution in [2.24, 2.45) is 0 Å². The zero-order valence-electron chi connectivity index (χ0n) is 16.6. The summed E-state index contributed by atoms with van der Waals surface area (Å²) in [6.45, 7) is 2.30. The lowest BCUT2D eigenvalue weighted by Gasteiger charge is -2.22. The van der Waals surface area contributed by atoms with Crippen molar-refractivity contribution in [3.63, 3.8) is 0 Å². The number of benzene rings is 2. The highest BCUT2D eigenvalue weighted by molar-refractivity contribution is 7.92. The molecule has 10 heteroatoms. The van der Waals surface area contributed by atoms with Crippen molar-refractivity contribution in [2.75, 3.05) is 29.0 Å². The Bertz CT molecular complexity index is 961. The molecule has 0 bridgehead atoms. The first kappa shape index (κ1) is 23.5. The minimum Gasteiger partial charge on any atom is -0.494 e. The van der Waals surface area contributed by atoms with E-state index in [0.29, 0.717) is 18.0 Å². The van der Waals surface area contributed by atoms with Crippen LogP contribution in [0, 0.1) is 0 Å². The number of sulfonamides is 1. The summed E-state index contributed by atoms with van der Waals surface area (Å²) in [4.78, 5) is 12.1. The summed E-state index contributed by atoms with van der Waals surface area (Å²) in [5.41, 5.74) is -0.865. The molecule has 0 aliphatic rings. The molecule has 0 spiro atoms. The molecule has 0 saturated carbocycles. The zero-order chi connectivity index (χ0) is 22.4. The van der Waals surface area contributed by atoms with Crippen molar-refractivity contribution >= 4 is 27.3 Å². The Balaban J connectivity index is 2.01. The summed E-state index contributed by atoms with van der Waals surface area (Å²) in [7, 11) is -3.61. The second-order valence-electron chi connectivity index (χ2n) is 6.46. The van der Waals surface area contributed by atoms with Gasteiger partial charge in [-0.2, -0.15) is 13.2 Å². The van der Waals surface area contributed by atoms with Gasteiger partial charge in [0, 0.05) is 13.0 Å². The monoisotopic (exact) mass is 444 g/mol. The summed E-state index contributed by atoms with van der Waals surface area (Å²) in [5, 5.41) is 2.25. The van der Waals surface area contributed by atoms with Crippen LogP contribution in [0.4, 0.5) is 24.5 Å². The number of para-hydroxylation sites is 1. The Kier molecular flexibility index (Phi) is 7.71. The van der Waals surface area contributed by atoms with Crippen LogP contribution in [-0.2, 0) is 21.0 Å². The molecule has 0 unspecified atom stereocenters. The lowest BCUT2D eigenvalue weighted by Crippen LogP contribution is -2.31. The van der Waals surface area contributed by atoms with Crippen LogP contribution in [0.3, 0.4) is 0 Å². The summed E-state index contributed by atoms with van der Waals surface area (Å²) >= 11 is 0. The first-order chi connectivity index (χ1) is 14.0. The molecule has 0 heterocycles. The Morgan fingerprint density at radius 2 is 1.73 bits per heavy atom. The first-order valence-corrected chi connectivity index (χ1v) is 11.0. The van der Waals surface area contributed by atoms with Crippen molar-refractivity contribution in [3.8, 4) is 5.75 Å². The maximum atomic E-state index is 13.0. The first-order valence-electron chi connectivity index (χ1n) is 9.19. The summed E-state index contributed by atoms with van der Waals surface area (Å²) in [6, 6.07) is 11.1. The number of hydrogen-bond acceptors (Lipinski definition) is 4. The fraction of sp³-hybridized carbons (Fsp3) is 0.350. The molecule has 2 rings (SSSR count). The van der Waals surface area contributed by atoms with Crippen molar-refractivity contribution in [2.45, 2.75) is 25.9 Å². The van der Waals surface area contributed by atoms with Gasteiger partial charge in [0.05, 0.1) is 29.8 Å². The van der Waals surface area contributed by atoms with Crippen LogP contribution in [-0.4, -0.2) is 33.7 Å². The topological polar surface area (TPSA) is 75.7 Å². The fourth-order valence-corrected chi connectivity index (χ4v) is 3.76. The van der Waals surface area contributed by atoms with E-state index in [1.165, 1.54) is 18.2 Å². The molecule has 0 aliphatic carbocycles. The maximum absolute atomic E-state index is 13.0. The van der Waals surface area contributed by atoms with Gasteiger partial charge in [-0.1, -0.05) is 12.1 Å². The Hall–Kier alpha value is -2.75. The predicted molar refractivity (Wildman–Crippen MR) is 109 cm³/mol. The molecule has 2 aromatic rings. The Morgan fingerprint density at radius 3 is 2.30 bits per heavy atom. The molecule has 0 saturated heterocycles. The van der Waals surface area contributed by atoms with Gasteiger partial charge >= 0.3 is 6.18 Å². The number of halogens is 3. The highest BCUT2D eigenvalue weighted by Gasteiger charge is 2.33. The van der Waals surface area contributed by atoms with E-state index < -0.39 is 27.7 Å². The van der Waals surface area contributed by atoms with Crippen LogP contribution >= 0.6 is 0 Å². The number of anilines is 2. The third kappa shape index (κ3) is 6.65. The van der Waals surface area contributed by atoms with E-state index >= 15 is 0 Å². The summed E-state index contributed by atoms with van der Waals surface area (Å²) < 4.78 is 69.8. The molecule has 6 nitrogen and oxygen atoms in total. The number of nitrogens with zero attached hydrogens (tertiary/aromatic N) is 1. The summed E-state index contributed by atoms with van der Waals surface area (Å²) in [5.74, 6) is -0.0377. The van der Waals surface area contributed by atoms with Gasteiger partial charge in [0.2, 0.25) is 15.9 Å². The van der Waals surface area contributed by atoms with Gasteiger partial charge in [-0.25, -0.2) is 8.42 Å². The highest BCUT2D eigenvalue weighted by Crippen LogP contribution is 2.34. The van der Waals surface area contributed by atoms with Gasteiger partial charge < -0.3 is 10.1 Å². The lowest BCUT2D eigenvalue weighted by molar-refractivity contribution is -0.137. The molecule has 1 amide bonds. The number of carbonyl (C=O) groups excluding carboxylic acids is 1. The van der Waals surface area contributed by atoms with Crippen LogP contribution in [0.1, 0.15) is 25.3 Å². The Morgan fingerprint density at radius 1 is 1.10 bits per heavy atom. The molecule has 164 valence electrons. The molecule has 1 N–H and O–H groups in total. The largest absolute Gasteiger partial charge is 0.494 e. The third-order valence-electron chi connectivity index (χ3n) is 4.11. The number of carbonyl (C=O) groups is 1. The van der Waals surface area contributed by atoms with Crippen LogP contribution in [0.2, 0.25) is 0 Å². The van der Waals surface area contributed by atoms with Gasteiger partial charge in [-0.05, 0) is 49.7 Å². The van der Waals surface area contributed by atoms with Gasteiger partial charge in [0.15, 0.2) is 0 Å². The standard InChI is InChI=1S/C20H23F3N2O4S/c1-3-29-16-12-10-15(11-13-16)25(30(2,27)28)14-6-9-19(26)24-18-8-5-4-7-17(18)20(21,22)23/h4-5,7-8,10-13H,3,6,9,14H2,1-2H3,(H,24,26). The van der Waals surface area contributed by atoms with Crippen LogP contribution < -0.4 is 14.4 Å². The molecule has 30 heavy (non-hydrogen) atoms. The Labute approximate surface area is 173 Å². The van der Waals surface area contributed by atoms with E-state index in [9.17, 15) is 26.4 Å². The number of alkyl halides is 3. The molecule has 2 aromatic carbocycles. The highest BCUT2D eigenvalue weighted by atomic mass is 32.2. The van der Waals surface area contributed by atoms with E-state index in [1.807, 2.05) is 6.92 Å². The second kappa shape index (κ2) is 9.84. The second-order valence-corrected chi connectivity index (χ2v) is 8.36. The fourth-order valence-electron chi connectivity index (χ4n) is 2.80. The van der Waals surface area contributed by atoms with Crippen molar-refractivity contribution in [1.82, 2.24) is 0 Å². The smallest absolute Gasteiger partial charge is 0.418 e. The molecular weight excluding hydrogens is 421 g/mol. The molecule has 0 atom stereocenters. The van der Waals surface area contributed by atoms with Crippen molar-refractivity contribution < 1.29 is 31.1 Å². The molecule has 0 aliphatic heterocycles. The van der Waals surface area contributed by atoms with Crippen LogP contribution in [0.5, 0.6) is 5.75 Å². The quantitative estimate of drug-likeness (QED) is 0.626. The van der Waals surface area contributed by atoms with Gasteiger partial charge in [0.25, 0.3) is 0 Å². The minimum atomic E-state index is -4.59. The van der Waals surface area contributed by atoms with E-state index in [0.717, 1.165) is 16.6 Å². The van der Waals surface area contributed by atoms with Crippen molar-refractivity contribution in [1.29, 1.82) is 0 Å². The number of amides is 1. The number of nitrogens with one attached hydrogen (secondary N) is 1. The van der Waals surface area contributed by atoms with E-state index in [1.54, 1.807) is 24.3 Å². The average molecular weight is 444 g/mol. The minimum absolute atomic E-state index is 0.00114. The van der Waals surface area contributed by atoms with Crippen molar-refractivity contribution in [3.05, 3.63) is 54.1 Å². The van der Waals surface area contributed by atoms with Crippen LogP contribution in [0.25, 0.3) is 0 Å². The summed E-state index contributed by atoms with van der Waals surface area (Å²) in [6.07, 6.45) is -3.57. The average Bonchev–Trinajstić information content (AvgIpc) is 2.65. The SMILES string of the molecule is CCOc1ccc(N(CCCC(=O)Nc2ccccc2C(F)(F)F)S(C)(=O)=O)cc1. The van der Waals surface area contributed by atoms with E-state index in [2.05, 4.69) is 5.32 Å². The van der Waals surface area contributed by atoms with Gasteiger partial charge in [-0.3, -0.25) is 9.10 Å².